The number of carbonyl (C=O) groups is 4. The average Bonchev–Trinajstić information content (AvgIpc) is 1.88. The lowest BCUT2D eigenvalue weighted by atomic mass is 10.00. The van der Waals surface area contributed by atoms with Gasteiger partial charge in [0.1, 0.15) is 19.3 Å². The number of hydrogen-bond acceptors (Lipinski definition) is 15. The van der Waals surface area contributed by atoms with Gasteiger partial charge >= 0.3 is 39.5 Å². The van der Waals surface area contributed by atoms with Crippen LogP contribution in [0.4, 0.5) is 0 Å². The quantitative estimate of drug-likeness (QED) is 0.0222. The zero-order valence-corrected chi connectivity index (χ0v) is 63.1. The van der Waals surface area contributed by atoms with Gasteiger partial charge in [-0.2, -0.15) is 0 Å². The number of aliphatic hydroxyl groups excluding tert-OH is 1. The lowest BCUT2D eigenvalue weighted by Crippen LogP contribution is -2.30. The Morgan fingerprint density at radius 1 is 0.309 bits per heavy atom. The van der Waals surface area contributed by atoms with Crippen molar-refractivity contribution < 1.29 is 80.2 Å². The van der Waals surface area contributed by atoms with E-state index in [2.05, 4.69) is 41.5 Å². The molecular weight excluding hydrogens is 1230 g/mol. The highest BCUT2D eigenvalue weighted by molar-refractivity contribution is 7.47. The predicted molar refractivity (Wildman–Crippen MR) is 381 cm³/mol. The molecule has 0 spiro atoms. The number of carbonyl (C=O) groups excluding carboxylic acids is 4. The van der Waals surface area contributed by atoms with Crippen LogP contribution < -0.4 is 0 Å². The number of unbranched alkanes of at least 4 members (excludes halogenated alkanes) is 43. The highest BCUT2D eigenvalue weighted by Crippen LogP contribution is 2.45. The van der Waals surface area contributed by atoms with Gasteiger partial charge < -0.3 is 33.8 Å². The third-order valence-electron chi connectivity index (χ3n) is 17.8. The van der Waals surface area contributed by atoms with Gasteiger partial charge in [0.15, 0.2) is 12.2 Å². The number of phosphoric ester groups is 2. The highest BCUT2D eigenvalue weighted by Gasteiger charge is 2.30. The first-order valence-corrected chi connectivity index (χ1v) is 42.0. The van der Waals surface area contributed by atoms with Crippen molar-refractivity contribution in [3.05, 3.63) is 0 Å². The first kappa shape index (κ1) is 92.1. The third-order valence-corrected chi connectivity index (χ3v) is 19.7. The summed E-state index contributed by atoms with van der Waals surface area (Å²) in [7, 11) is -9.91. The second kappa shape index (κ2) is 66.9. The van der Waals surface area contributed by atoms with Crippen LogP contribution in [0.15, 0.2) is 0 Å². The SMILES string of the molecule is CCCCCCCCCCCCCCCCC(=O)OC[C@H](COP(=O)(O)OC[C@@H](O)COP(=O)(O)OC[C@@H](COC(=O)CCCCCCCCC(C)CC)OC(=O)CCCCCCCCCCCCCC)OC(=O)CCCCCCCCCCCCCCCCCC(C)C. The van der Waals surface area contributed by atoms with E-state index in [9.17, 15) is 43.2 Å². The number of aliphatic hydroxyl groups is 1. The van der Waals surface area contributed by atoms with Gasteiger partial charge in [-0.05, 0) is 37.5 Å². The summed E-state index contributed by atoms with van der Waals surface area (Å²) in [6.07, 6.45) is 54.0. The number of phosphoric acid groups is 2. The van der Waals surface area contributed by atoms with Crippen LogP contribution in [0.2, 0.25) is 0 Å². The monoisotopic (exact) mass is 1380 g/mol. The maximum absolute atomic E-state index is 13.1. The summed E-state index contributed by atoms with van der Waals surface area (Å²) in [6, 6.07) is 0. The molecule has 3 unspecified atom stereocenters. The van der Waals surface area contributed by atoms with E-state index in [0.717, 1.165) is 108 Å². The molecule has 94 heavy (non-hydrogen) atoms. The zero-order chi connectivity index (χ0) is 69.3. The number of rotatable bonds is 74. The Morgan fingerprint density at radius 2 is 0.543 bits per heavy atom. The second-order valence-corrected chi connectivity index (χ2v) is 30.7. The molecule has 0 aromatic carbocycles. The normalized spacial score (nSPS) is 14.3. The maximum Gasteiger partial charge on any atom is 0.472 e. The van der Waals surface area contributed by atoms with Gasteiger partial charge in [0.05, 0.1) is 26.4 Å². The van der Waals surface area contributed by atoms with E-state index in [1.165, 1.54) is 199 Å². The molecule has 0 aliphatic rings. The van der Waals surface area contributed by atoms with Crippen LogP contribution in [-0.2, 0) is 65.4 Å². The van der Waals surface area contributed by atoms with Crippen LogP contribution in [0.1, 0.15) is 388 Å². The van der Waals surface area contributed by atoms with Gasteiger partial charge in [-0.1, -0.05) is 337 Å². The van der Waals surface area contributed by atoms with Gasteiger partial charge in [-0.3, -0.25) is 37.3 Å². The van der Waals surface area contributed by atoms with E-state index < -0.39 is 97.5 Å². The average molecular weight is 1380 g/mol. The summed E-state index contributed by atoms with van der Waals surface area (Å²) < 4.78 is 68.5. The first-order chi connectivity index (χ1) is 45.4. The highest BCUT2D eigenvalue weighted by atomic mass is 31.2. The van der Waals surface area contributed by atoms with Crippen molar-refractivity contribution in [3.63, 3.8) is 0 Å². The third kappa shape index (κ3) is 67.3. The minimum absolute atomic E-state index is 0.107. The largest absolute Gasteiger partial charge is 0.472 e. The predicted octanol–water partition coefficient (Wildman–Crippen LogP) is 21.9. The molecule has 3 N–H and O–H groups in total. The van der Waals surface area contributed by atoms with Gasteiger partial charge in [-0.25, -0.2) is 9.13 Å². The summed E-state index contributed by atoms with van der Waals surface area (Å²) in [5.41, 5.74) is 0. The fraction of sp³-hybridized carbons (Fsp3) is 0.947. The molecule has 17 nitrogen and oxygen atoms in total. The van der Waals surface area contributed by atoms with Crippen LogP contribution in [0, 0.1) is 11.8 Å². The van der Waals surface area contributed by atoms with Crippen LogP contribution in [0.3, 0.4) is 0 Å². The molecular formula is C75H146O17P2. The second-order valence-electron chi connectivity index (χ2n) is 27.8. The standard InChI is InChI=1S/C75H146O17P2/c1-7-10-12-14-16-18-20-22-27-31-34-38-45-51-57-72(77)85-63-70(91-75(80)60-54-48-40-36-32-28-25-23-24-26-29-33-37-43-49-55-67(4)5)65-89-93(81,82)87-61-69(76)62-88-94(83,84)90-66-71(64-86-73(78)58-52-46-42-41-44-50-56-68(6)9-3)92-74(79)59-53-47-39-35-30-21-19-17-15-13-11-8-2/h67-71,76H,7-66H2,1-6H3,(H,81,82)(H,83,84)/t68?,69-,70-,71-/m1/s1. The Bertz CT molecular complexity index is 1820. The van der Waals surface area contributed by atoms with Crippen LogP contribution in [0.25, 0.3) is 0 Å². The molecule has 0 amide bonds. The molecule has 0 aliphatic carbocycles. The molecule has 0 radical (unpaired) electrons. The Labute approximate surface area is 575 Å². The fourth-order valence-electron chi connectivity index (χ4n) is 11.4. The van der Waals surface area contributed by atoms with Crippen molar-refractivity contribution in [3.8, 4) is 0 Å². The van der Waals surface area contributed by atoms with Gasteiger partial charge in [0.2, 0.25) is 0 Å². The van der Waals surface area contributed by atoms with Crippen molar-refractivity contribution in [1.29, 1.82) is 0 Å². The lowest BCUT2D eigenvalue weighted by Gasteiger charge is -2.21. The van der Waals surface area contributed by atoms with Crippen LogP contribution in [0.5, 0.6) is 0 Å². The maximum atomic E-state index is 13.1. The Hall–Kier alpha value is -1.94. The molecule has 6 atom stereocenters. The molecule has 0 heterocycles. The van der Waals surface area contributed by atoms with Gasteiger partial charge in [0.25, 0.3) is 0 Å². The van der Waals surface area contributed by atoms with Crippen LogP contribution in [-0.4, -0.2) is 96.7 Å². The smallest absolute Gasteiger partial charge is 0.462 e. The molecule has 0 saturated heterocycles. The summed E-state index contributed by atoms with van der Waals surface area (Å²) in [5.74, 6) is -0.582. The van der Waals surface area contributed by atoms with E-state index in [1.54, 1.807) is 0 Å². The molecule has 19 heteroatoms. The Morgan fingerprint density at radius 3 is 0.809 bits per heavy atom. The van der Waals surface area contributed by atoms with E-state index in [0.29, 0.717) is 25.7 Å². The minimum atomic E-state index is -4.96. The van der Waals surface area contributed by atoms with Gasteiger partial charge in [0, 0.05) is 25.7 Å². The topological polar surface area (TPSA) is 237 Å². The molecule has 0 aliphatic heterocycles. The molecule has 558 valence electrons. The summed E-state index contributed by atoms with van der Waals surface area (Å²) in [6.45, 7) is 9.58. The summed E-state index contributed by atoms with van der Waals surface area (Å²) >= 11 is 0. The molecule has 0 fully saturated rings. The first-order valence-electron chi connectivity index (χ1n) is 39.0. The van der Waals surface area contributed by atoms with E-state index in [-0.39, 0.29) is 25.7 Å². The van der Waals surface area contributed by atoms with Crippen LogP contribution >= 0.6 is 15.6 Å². The fourth-order valence-corrected chi connectivity index (χ4v) is 13.0. The Kier molecular flexibility index (Phi) is 65.5. The molecule has 0 rings (SSSR count). The van der Waals surface area contributed by atoms with Crippen molar-refractivity contribution in [1.82, 2.24) is 0 Å². The number of esters is 4. The minimum Gasteiger partial charge on any atom is -0.462 e. The molecule has 0 aromatic rings. The van der Waals surface area contributed by atoms with Crippen molar-refractivity contribution in [2.75, 3.05) is 39.6 Å². The zero-order valence-electron chi connectivity index (χ0n) is 61.3. The lowest BCUT2D eigenvalue weighted by molar-refractivity contribution is -0.161. The molecule has 0 aromatic heterocycles. The number of hydrogen-bond donors (Lipinski definition) is 3. The summed E-state index contributed by atoms with van der Waals surface area (Å²) in [5, 5.41) is 10.6. The van der Waals surface area contributed by atoms with E-state index in [4.69, 9.17) is 37.0 Å². The van der Waals surface area contributed by atoms with Crippen molar-refractivity contribution in [2.45, 2.75) is 407 Å². The Balaban J connectivity index is 5.24. The molecule has 0 bridgehead atoms. The summed E-state index contributed by atoms with van der Waals surface area (Å²) in [4.78, 5) is 72.8. The van der Waals surface area contributed by atoms with Crippen molar-refractivity contribution in [2.24, 2.45) is 11.8 Å². The van der Waals surface area contributed by atoms with E-state index in [1.807, 2.05) is 0 Å². The van der Waals surface area contributed by atoms with Gasteiger partial charge in [-0.15, -0.1) is 0 Å². The number of ether oxygens (including phenoxy) is 4. The van der Waals surface area contributed by atoms with Crippen molar-refractivity contribution >= 4 is 39.5 Å². The van der Waals surface area contributed by atoms with E-state index >= 15 is 0 Å². The molecule has 0 saturated carbocycles.